The number of aryl methyl sites for hydroxylation is 1. The van der Waals surface area contributed by atoms with Crippen molar-refractivity contribution in [3.8, 4) is 11.4 Å². The predicted octanol–water partition coefficient (Wildman–Crippen LogP) is 3.24. The molecule has 3 aromatic rings. The Bertz CT molecular complexity index is 839. The van der Waals surface area contributed by atoms with Crippen LogP contribution in [0.15, 0.2) is 42.5 Å². The van der Waals surface area contributed by atoms with Gasteiger partial charge in [0.25, 0.3) is 0 Å². The first kappa shape index (κ1) is 13.3. The van der Waals surface area contributed by atoms with Crippen LogP contribution in [0.5, 0.6) is 0 Å². The third-order valence-electron chi connectivity index (χ3n) is 3.38. The summed E-state index contributed by atoms with van der Waals surface area (Å²) in [6.45, 7) is 1.59. The van der Waals surface area contributed by atoms with Crippen LogP contribution in [0.1, 0.15) is 5.56 Å². The topological polar surface area (TPSA) is 55.1 Å². The van der Waals surface area contributed by atoms with Gasteiger partial charge in [0.2, 0.25) is 0 Å². The molecule has 1 heterocycles. The van der Waals surface area contributed by atoms with Gasteiger partial charge in [-0.15, -0.1) is 0 Å². The number of para-hydroxylation sites is 2. The molecule has 21 heavy (non-hydrogen) atoms. The van der Waals surface area contributed by atoms with E-state index in [0.29, 0.717) is 5.82 Å². The Balaban J connectivity index is 2.28. The smallest absolute Gasteiger partial charge is 0.323 e. The molecule has 106 valence electrons. The van der Waals surface area contributed by atoms with E-state index in [1.165, 1.54) is 12.1 Å². The maximum absolute atomic E-state index is 13.3. The van der Waals surface area contributed by atoms with E-state index in [1.807, 2.05) is 24.3 Å². The fourth-order valence-electron chi connectivity index (χ4n) is 2.45. The van der Waals surface area contributed by atoms with Crippen LogP contribution < -0.4 is 0 Å². The Hall–Kier alpha value is -2.69. The van der Waals surface area contributed by atoms with Gasteiger partial charge in [0.15, 0.2) is 0 Å². The number of benzene rings is 2. The Morgan fingerprint density at radius 2 is 2.05 bits per heavy atom. The van der Waals surface area contributed by atoms with Crippen LogP contribution in [0.4, 0.5) is 4.39 Å². The number of aliphatic carboxylic acids is 1. The molecule has 0 saturated carbocycles. The van der Waals surface area contributed by atoms with Gasteiger partial charge in [0, 0.05) is 5.56 Å². The lowest BCUT2D eigenvalue weighted by molar-refractivity contribution is -0.137. The second kappa shape index (κ2) is 5.01. The highest BCUT2D eigenvalue weighted by molar-refractivity contribution is 5.83. The molecular formula is C16H13FN2O2. The zero-order chi connectivity index (χ0) is 15.0. The molecule has 0 aliphatic carbocycles. The fourth-order valence-corrected chi connectivity index (χ4v) is 2.45. The van der Waals surface area contributed by atoms with Gasteiger partial charge in [0.05, 0.1) is 11.0 Å². The molecule has 0 spiro atoms. The van der Waals surface area contributed by atoms with E-state index in [1.54, 1.807) is 17.6 Å². The van der Waals surface area contributed by atoms with Gasteiger partial charge in [-0.1, -0.05) is 12.1 Å². The first-order valence-electron chi connectivity index (χ1n) is 6.50. The van der Waals surface area contributed by atoms with Crippen LogP contribution in [0.2, 0.25) is 0 Å². The summed E-state index contributed by atoms with van der Waals surface area (Å²) in [5.74, 6) is -0.729. The second-order valence-corrected chi connectivity index (χ2v) is 4.86. The number of nitrogens with zero attached hydrogens (tertiary/aromatic N) is 2. The highest BCUT2D eigenvalue weighted by Crippen LogP contribution is 2.27. The Labute approximate surface area is 120 Å². The number of carbonyl (C=O) groups is 1. The Morgan fingerprint density at radius 1 is 1.29 bits per heavy atom. The van der Waals surface area contributed by atoms with Crippen LogP contribution >= 0.6 is 0 Å². The SMILES string of the molecule is Cc1cc(F)ccc1-c1nc2ccccc2n1CC(=O)O. The first-order chi connectivity index (χ1) is 10.1. The number of imidazole rings is 1. The van der Waals surface area contributed by atoms with E-state index < -0.39 is 5.97 Å². The molecule has 1 N–H and O–H groups in total. The minimum absolute atomic E-state index is 0.188. The number of hydrogen-bond donors (Lipinski definition) is 1. The van der Waals surface area contributed by atoms with Crippen LogP contribution in [0.25, 0.3) is 22.4 Å². The van der Waals surface area contributed by atoms with Crippen molar-refractivity contribution >= 4 is 17.0 Å². The average molecular weight is 284 g/mol. The van der Waals surface area contributed by atoms with E-state index in [0.717, 1.165) is 22.2 Å². The molecule has 1 aromatic heterocycles. The number of aromatic nitrogens is 2. The van der Waals surface area contributed by atoms with Crippen molar-refractivity contribution in [3.05, 3.63) is 53.8 Å². The lowest BCUT2D eigenvalue weighted by atomic mass is 10.1. The predicted molar refractivity (Wildman–Crippen MR) is 77.5 cm³/mol. The van der Waals surface area contributed by atoms with E-state index in [4.69, 9.17) is 5.11 Å². The number of rotatable bonds is 3. The lowest BCUT2D eigenvalue weighted by Crippen LogP contribution is -2.10. The second-order valence-electron chi connectivity index (χ2n) is 4.86. The number of hydrogen-bond acceptors (Lipinski definition) is 2. The fraction of sp³-hybridized carbons (Fsp3) is 0.125. The summed E-state index contributed by atoms with van der Waals surface area (Å²) >= 11 is 0. The molecule has 0 aliphatic rings. The van der Waals surface area contributed by atoms with Gasteiger partial charge in [-0.2, -0.15) is 0 Å². The summed E-state index contributed by atoms with van der Waals surface area (Å²) in [6.07, 6.45) is 0. The molecule has 5 heteroatoms. The molecule has 0 radical (unpaired) electrons. The highest BCUT2D eigenvalue weighted by Gasteiger charge is 2.16. The van der Waals surface area contributed by atoms with Gasteiger partial charge in [-0.05, 0) is 42.8 Å². The lowest BCUT2D eigenvalue weighted by Gasteiger charge is -2.09. The normalized spacial score (nSPS) is 11.0. The number of carboxylic acid groups (broad SMARTS) is 1. The standard InChI is InChI=1S/C16H13FN2O2/c1-10-8-11(17)6-7-12(10)16-18-13-4-2-3-5-14(13)19(16)9-15(20)21/h2-8H,9H2,1H3,(H,20,21). The van der Waals surface area contributed by atoms with Crippen molar-refractivity contribution < 1.29 is 14.3 Å². The van der Waals surface area contributed by atoms with Crippen LogP contribution in [0, 0.1) is 12.7 Å². The summed E-state index contributed by atoms with van der Waals surface area (Å²) in [4.78, 5) is 15.6. The van der Waals surface area contributed by atoms with E-state index in [-0.39, 0.29) is 12.4 Å². The van der Waals surface area contributed by atoms with Crippen molar-refractivity contribution in [2.24, 2.45) is 0 Å². The summed E-state index contributed by atoms with van der Waals surface area (Å²) in [5, 5.41) is 9.12. The largest absolute Gasteiger partial charge is 0.480 e. The van der Waals surface area contributed by atoms with E-state index in [2.05, 4.69) is 4.98 Å². The van der Waals surface area contributed by atoms with Crippen molar-refractivity contribution in [3.63, 3.8) is 0 Å². The van der Waals surface area contributed by atoms with Crippen LogP contribution in [0.3, 0.4) is 0 Å². The third-order valence-corrected chi connectivity index (χ3v) is 3.38. The van der Waals surface area contributed by atoms with Crippen molar-refractivity contribution in [1.29, 1.82) is 0 Å². The van der Waals surface area contributed by atoms with Crippen molar-refractivity contribution in [2.45, 2.75) is 13.5 Å². The van der Waals surface area contributed by atoms with Gasteiger partial charge in [0.1, 0.15) is 18.2 Å². The molecule has 0 saturated heterocycles. The highest BCUT2D eigenvalue weighted by atomic mass is 19.1. The maximum atomic E-state index is 13.3. The molecule has 0 aliphatic heterocycles. The molecule has 0 unspecified atom stereocenters. The van der Waals surface area contributed by atoms with Crippen LogP contribution in [-0.4, -0.2) is 20.6 Å². The molecule has 3 rings (SSSR count). The van der Waals surface area contributed by atoms with Gasteiger partial charge >= 0.3 is 5.97 Å². The zero-order valence-corrected chi connectivity index (χ0v) is 11.4. The van der Waals surface area contributed by atoms with Crippen LogP contribution in [-0.2, 0) is 11.3 Å². The minimum Gasteiger partial charge on any atom is -0.480 e. The van der Waals surface area contributed by atoms with Gasteiger partial charge in [-0.25, -0.2) is 9.37 Å². The quantitative estimate of drug-likeness (QED) is 0.803. The molecule has 0 fully saturated rings. The van der Waals surface area contributed by atoms with Gasteiger partial charge in [-0.3, -0.25) is 4.79 Å². The first-order valence-corrected chi connectivity index (χ1v) is 6.50. The summed E-state index contributed by atoms with van der Waals surface area (Å²) in [6, 6.07) is 11.7. The number of halogens is 1. The zero-order valence-electron chi connectivity index (χ0n) is 11.4. The van der Waals surface area contributed by atoms with Crippen molar-refractivity contribution in [2.75, 3.05) is 0 Å². The number of carboxylic acids is 1. The summed E-state index contributed by atoms with van der Waals surface area (Å²) in [7, 11) is 0. The van der Waals surface area contributed by atoms with Gasteiger partial charge < -0.3 is 9.67 Å². The molecule has 4 nitrogen and oxygen atoms in total. The molecule has 2 aromatic carbocycles. The van der Waals surface area contributed by atoms with Crippen molar-refractivity contribution in [1.82, 2.24) is 9.55 Å². The summed E-state index contributed by atoms with van der Waals surface area (Å²) in [5.41, 5.74) is 2.92. The maximum Gasteiger partial charge on any atom is 0.323 e. The third kappa shape index (κ3) is 2.38. The monoisotopic (exact) mass is 284 g/mol. The van der Waals surface area contributed by atoms with E-state index >= 15 is 0 Å². The Morgan fingerprint density at radius 3 is 2.76 bits per heavy atom. The molecule has 0 amide bonds. The molecule has 0 bridgehead atoms. The molecule has 0 atom stereocenters. The summed E-state index contributed by atoms with van der Waals surface area (Å²) < 4.78 is 14.9. The van der Waals surface area contributed by atoms with E-state index in [9.17, 15) is 9.18 Å². The molecular weight excluding hydrogens is 271 g/mol. The minimum atomic E-state index is -0.945. The average Bonchev–Trinajstić information content (AvgIpc) is 2.77. The Kier molecular flexibility index (Phi) is 3.17. The number of fused-ring (bicyclic) bond motifs is 1.